The number of carbonyl (C=O) groups is 1. The molecule has 2 aromatic carbocycles. The van der Waals surface area contributed by atoms with Gasteiger partial charge in [0, 0.05) is 25.2 Å². The van der Waals surface area contributed by atoms with Crippen LogP contribution in [0.5, 0.6) is 5.75 Å². The van der Waals surface area contributed by atoms with Crippen molar-refractivity contribution in [2.45, 2.75) is 76.5 Å². The Labute approximate surface area is 196 Å². The van der Waals surface area contributed by atoms with E-state index in [-0.39, 0.29) is 17.6 Å². The number of hydrogen-bond acceptors (Lipinski definition) is 3. The molecule has 4 nitrogen and oxygen atoms in total. The van der Waals surface area contributed by atoms with E-state index in [1.807, 2.05) is 32.0 Å². The lowest BCUT2D eigenvalue weighted by atomic mass is 9.81. The highest BCUT2D eigenvalue weighted by Crippen LogP contribution is 2.42. The maximum atomic E-state index is 12.3. The highest BCUT2D eigenvalue weighted by atomic mass is 35.5. The van der Waals surface area contributed by atoms with Crippen LogP contribution in [0, 0.1) is 0 Å². The third-order valence-corrected chi connectivity index (χ3v) is 7.82. The van der Waals surface area contributed by atoms with Crippen molar-refractivity contribution in [3.63, 3.8) is 0 Å². The Bertz CT molecular complexity index is 1010. The molecule has 1 saturated carbocycles. The van der Waals surface area contributed by atoms with Gasteiger partial charge in [-0.05, 0) is 93.3 Å². The summed E-state index contributed by atoms with van der Waals surface area (Å²) in [6.45, 7) is 6.23. The monoisotopic (exact) mass is 452 g/mol. The summed E-state index contributed by atoms with van der Waals surface area (Å²) in [7, 11) is 0. The van der Waals surface area contributed by atoms with E-state index in [1.165, 1.54) is 37.9 Å². The van der Waals surface area contributed by atoms with Crippen molar-refractivity contribution in [2.24, 2.45) is 0 Å². The molecule has 0 bridgehead atoms. The smallest absolute Gasteiger partial charge is 0.252 e. The predicted molar refractivity (Wildman–Crippen MR) is 130 cm³/mol. The van der Waals surface area contributed by atoms with E-state index in [4.69, 9.17) is 16.3 Å². The number of hydrogen-bond donors (Lipinski definition) is 1. The minimum Gasteiger partial charge on any atom is -0.487 e. The average Bonchev–Trinajstić information content (AvgIpc) is 2.73. The number of rotatable bonds is 4. The molecule has 5 rings (SSSR count). The number of piperidine rings is 1. The lowest BCUT2D eigenvalue weighted by Crippen LogP contribution is -2.53. The molecule has 0 unspecified atom stereocenters. The summed E-state index contributed by atoms with van der Waals surface area (Å²) in [5.41, 5.74) is 3.94. The number of aryl methyl sites for hydroxylation is 1. The third-order valence-electron chi connectivity index (χ3n) is 7.50. The molecule has 1 spiro atoms. The van der Waals surface area contributed by atoms with Gasteiger partial charge in [0.05, 0.1) is 10.6 Å². The van der Waals surface area contributed by atoms with Crippen molar-refractivity contribution >= 4 is 17.5 Å². The van der Waals surface area contributed by atoms with E-state index in [0.717, 1.165) is 48.6 Å². The Balaban J connectivity index is 1.29. The number of likely N-dealkylation sites (tertiary alicyclic amines) is 1. The first-order chi connectivity index (χ1) is 15.4. The van der Waals surface area contributed by atoms with Gasteiger partial charge in [0.15, 0.2) is 0 Å². The van der Waals surface area contributed by atoms with Gasteiger partial charge in [0.25, 0.3) is 5.91 Å². The Morgan fingerprint density at radius 3 is 2.47 bits per heavy atom. The quantitative estimate of drug-likeness (QED) is 0.631. The van der Waals surface area contributed by atoms with Crippen LogP contribution >= 0.6 is 11.6 Å². The van der Waals surface area contributed by atoms with Gasteiger partial charge in [0.1, 0.15) is 11.4 Å². The molecule has 1 N–H and O–H groups in total. The summed E-state index contributed by atoms with van der Waals surface area (Å²) in [6.07, 6.45) is 8.59. The maximum absolute atomic E-state index is 12.3. The molecule has 1 aliphatic carbocycles. The van der Waals surface area contributed by atoms with E-state index in [9.17, 15) is 4.79 Å². The van der Waals surface area contributed by atoms with Crippen LogP contribution in [0.4, 0.5) is 0 Å². The normalized spacial score (nSPS) is 20.5. The Morgan fingerprint density at radius 1 is 1.09 bits per heavy atom. The van der Waals surface area contributed by atoms with Crippen LogP contribution in [0.1, 0.15) is 68.3 Å². The summed E-state index contributed by atoms with van der Waals surface area (Å²) >= 11 is 6.46. The molecule has 0 atom stereocenters. The summed E-state index contributed by atoms with van der Waals surface area (Å²) < 4.78 is 6.64. The predicted octanol–water partition coefficient (Wildman–Crippen LogP) is 5.86. The molecule has 2 fully saturated rings. The first-order valence-corrected chi connectivity index (χ1v) is 12.5. The van der Waals surface area contributed by atoms with E-state index < -0.39 is 0 Å². The summed E-state index contributed by atoms with van der Waals surface area (Å²) in [4.78, 5) is 15.0. The van der Waals surface area contributed by atoms with Crippen molar-refractivity contribution < 1.29 is 9.53 Å². The van der Waals surface area contributed by atoms with E-state index >= 15 is 0 Å². The van der Waals surface area contributed by atoms with Gasteiger partial charge in [0.2, 0.25) is 0 Å². The van der Waals surface area contributed by atoms with Crippen LogP contribution in [-0.4, -0.2) is 41.6 Å². The van der Waals surface area contributed by atoms with E-state index in [2.05, 4.69) is 28.4 Å². The standard InChI is InChI=1S/C27H33ClN2O2/c1-18(2)29-26(31)23-8-6-20(17-24(23)28)19-7-9-25-21(16-19)10-11-27(32-25)12-14-30(15-13-27)22-4-3-5-22/h6-9,16-18,22H,3-5,10-15H2,1-2H3,(H,29,31). The van der Waals surface area contributed by atoms with E-state index in [0.29, 0.717) is 10.6 Å². The van der Waals surface area contributed by atoms with Crippen LogP contribution in [0.15, 0.2) is 36.4 Å². The number of halogens is 1. The fourth-order valence-corrected chi connectivity index (χ4v) is 5.59. The molecule has 2 aromatic rings. The molecule has 0 radical (unpaired) electrons. The highest BCUT2D eigenvalue weighted by Gasteiger charge is 2.41. The Hall–Kier alpha value is -2.04. The van der Waals surface area contributed by atoms with E-state index in [1.54, 1.807) is 0 Å². The zero-order valence-corrected chi connectivity index (χ0v) is 19.9. The zero-order chi connectivity index (χ0) is 22.3. The number of nitrogens with zero attached hydrogens (tertiary/aromatic N) is 1. The molecular weight excluding hydrogens is 420 g/mol. The highest BCUT2D eigenvalue weighted by molar-refractivity contribution is 6.34. The molecule has 2 aliphatic heterocycles. The molecule has 1 saturated heterocycles. The number of fused-ring (bicyclic) bond motifs is 1. The van der Waals surface area contributed by atoms with Gasteiger partial charge in [-0.2, -0.15) is 0 Å². The topological polar surface area (TPSA) is 41.6 Å². The second-order valence-corrected chi connectivity index (χ2v) is 10.5. The second-order valence-electron chi connectivity index (χ2n) is 10.1. The fraction of sp³-hybridized carbons (Fsp3) is 0.519. The van der Waals surface area contributed by atoms with Crippen molar-refractivity contribution in [1.29, 1.82) is 0 Å². The van der Waals surface area contributed by atoms with Crippen LogP contribution in [0.2, 0.25) is 5.02 Å². The van der Waals surface area contributed by atoms with Crippen molar-refractivity contribution in [3.05, 3.63) is 52.5 Å². The molecule has 170 valence electrons. The molecule has 5 heteroatoms. The summed E-state index contributed by atoms with van der Waals surface area (Å²) in [5, 5.41) is 3.38. The number of carbonyl (C=O) groups excluding carboxylic acids is 1. The summed E-state index contributed by atoms with van der Waals surface area (Å²) in [5.74, 6) is 0.903. The molecule has 2 heterocycles. The molecular formula is C27H33ClN2O2. The lowest BCUT2D eigenvalue weighted by Gasteiger charge is -2.48. The number of nitrogens with one attached hydrogen (secondary N) is 1. The number of amides is 1. The third kappa shape index (κ3) is 4.27. The lowest BCUT2D eigenvalue weighted by molar-refractivity contribution is -0.0336. The minimum absolute atomic E-state index is 0.0174. The number of ether oxygens (including phenoxy) is 1. The van der Waals surface area contributed by atoms with Gasteiger partial charge in [-0.25, -0.2) is 0 Å². The van der Waals surface area contributed by atoms with Gasteiger partial charge in [-0.1, -0.05) is 30.2 Å². The van der Waals surface area contributed by atoms with Crippen LogP contribution in [0.25, 0.3) is 11.1 Å². The van der Waals surface area contributed by atoms with Crippen LogP contribution in [-0.2, 0) is 6.42 Å². The van der Waals surface area contributed by atoms with Crippen LogP contribution < -0.4 is 10.1 Å². The van der Waals surface area contributed by atoms with Gasteiger partial charge >= 0.3 is 0 Å². The zero-order valence-electron chi connectivity index (χ0n) is 19.1. The van der Waals surface area contributed by atoms with Crippen molar-refractivity contribution in [3.8, 4) is 16.9 Å². The van der Waals surface area contributed by atoms with Gasteiger partial charge in [-0.15, -0.1) is 0 Å². The fourth-order valence-electron chi connectivity index (χ4n) is 5.32. The van der Waals surface area contributed by atoms with Gasteiger partial charge < -0.3 is 15.0 Å². The Kier molecular flexibility index (Phi) is 5.94. The van der Waals surface area contributed by atoms with Crippen LogP contribution in [0.3, 0.4) is 0 Å². The molecule has 32 heavy (non-hydrogen) atoms. The maximum Gasteiger partial charge on any atom is 0.252 e. The average molecular weight is 453 g/mol. The minimum atomic E-state index is -0.135. The first-order valence-electron chi connectivity index (χ1n) is 12.1. The number of benzene rings is 2. The molecule has 1 amide bonds. The Morgan fingerprint density at radius 2 is 1.81 bits per heavy atom. The van der Waals surface area contributed by atoms with Gasteiger partial charge in [-0.3, -0.25) is 4.79 Å². The second kappa shape index (κ2) is 8.72. The van der Waals surface area contributed by atoms with Crippen molar-refractivity contribution in [2.75, 3.05) is 13.1 Å². The molecule has 3 aliphatic rings. The largest absolute Gasteiger partial charge is 0.487 e. The SMILES string of the molecule is CC(C)NC(=O)c1ccc(-c2ccc3c(c2)CCC2(CCN(C4CCC4)CC2)O3)cc1Cl. The first kappa shape index (κ1) is 21.8. The summed E-state index contributed by atoms with van der Waals surface area (Å²) in [6, 6.07) is 13.1. The molecule has 0 aromatic heterocycles. The van der Waals surface area contributed by atoms with Crippen molar-refractivity contribution in [1.82, 2.24) is 10.2 Å².